The quantitative estimate of drug-likeness (QED) is 0.170. The molecule has 11 aromatic carbocycles. The molecule has 0 atom stereocenters. The zero-order valence-corrected chi connectivity index (χ0v) is 46.7. The number of fused-ring (bicyclic) bond motifs is 14. The minimum absolute atomic E-state index is 0.125. The van der Waals surface area contributed by atoms with Crippen LogP contribution in [-0.4, -0.2) is 0 Å². The molecule has 0 radical (unpaired) electrons. The maximum Gasteiger partial charge on any atom is 0.152 e. The zero-order valence-electron chi connectivity index (χ0n) is 46.7. The van der Waals surface area contributed by atoms with Crippen LogP contribution in [-0.2, 0) is 21.7 Å². The van der Waals surface area contributed by atoms with Gasteiger partial charge in [0, 0.05) is 32.8 Å². The van der Waals surface area contributed by atoms with E-state index in [0.717, 1.165) is 50.8 Å². The van der Waals surface area contributed by atoms with E-state index in [1.807, 2.05) is 0 Å². The molecule has 0 bridgehead atoms. The third-order valence-corrected chi connectivity index (χ3v) is 19.5. The van der Waals surface area contributed by atoms with E-state index in [9.17, 15) is 0 Å². The van der Waals surface area contributed by atoms with E-state index in [2.05, 4.69) is 285 Å². The molecule has 16 rings (SSSR count). The van der Waals surface area contributed by atoms with Crippen molar-refractivity contribution in [2.24, 2.45) is 0 Å². The molecule has 0 unspecified atom stereocenters. The second kappa shape index (κ2) is 16.3. The maximum atomic E-state index is 7.42. The molecule has 384 valence electrons. The van der Waals surface area contributed by atoms with Gasteiger partial charge < -0.3 is 9.64 Å². The highest BCUT2D eigenvalue weighted by atomic mass is 16.5. The van der Waals surface area contributed by atoms with Crippen LogP contribution in [0.25, 0.3) is 89.0 Å². The van der Waals surface area contributed by atoms with Crippen molar-refractivity contribution in [3.63, 3.8) is 0 Å². The van der Waals surface area contributed by atoms with Gasteiger partial charge in [0.2, 0.25) is 0 Å². The molecule has 5 aliphatic rings. The molecule has 80 heavy (non-hydrogen) atoms. The minimum atomic E-state index is -0.170. The Balaban J connectivity index is 0.920. The number of hydrogen-bond acceptors (Lipinski definition) is 2. The summed E-state index contributed by atoms with van der Waals surface area (Å²) in [5.74, 6) is 1.63. The molecular weight excluding hydrogens is 967 g/mol. The van der Waals surface area contributed by atoms with Gasteiger partial charge in [0.05, 0.1) is 17.1 Å². The molecule has 4 aliphatic carbocycles. The summed E-state index contributed by atoms with van der Waals surface area (Å²) in [6.07, 6.45) is 0. The standard InChI is InChI=1S/C78H61NO/c1-75(2)62-24-13-9-18-54(62)58-34-28-46(40-66(58)75)48-32-38-70-72(44-48)80-73-45-49(47-29-35-59-55-19-10-14-25-63(55)76(3,4)67(59)41-47)33-39-71(73)79(70)74-52(50-30-36-60-56-20-11-15-26-64(56)77(5,6)68(60)42-50)22-17-23-53(74)51-31-37-61-57-21-12-16-27-65(57)78(7,8)69(61)43-51/h9-45H,1-8H3. The third-order valence-electron chi connectivity index (χ3n) is 19.5. The summed E-state index contributed by atoms with van der Waals surface area (Å²) in [6.45, 7) is 19.0. The number of anilines is 3. The number of benzene rings is 11. The molecule has 0 saturated heterocycles. The number of para-hydroxylation sites is 1. The summed E-state index contributed by atoms with van der Waals surface area (Å²) in [5.41, 5.74) is 33.3. The second-order valence-electron chi connectivity index (χ2n) is 25.2. The van der Waals surface area contributed by atoms with Crippen molar-refractivity contribution in [3.05, 3.63) is 269 Å². The zero-order chi connectivity index (χ0) is 54.2. The van der Waals surface area contributed by atoms with Gasteiger partial charge in [-0.25, -0.2) is 0 Å². The Morgan fingerprint density at radius 2 is 0.500 bits per heavy atom. The summed E-state index contributed by atoms with van der Waals surface area (Å²) in [7, 11) is 0. The van der Waals surface area contributed by atoms with E-state index < -0.39 is 0 Å². The highest BCUT2D eigenvalue weighted by Crippen LogP contribution is 2.60. The molecule has 2 nitrogen and oxygen atoms in total. The van der Waals surface area contributed by atoms with E-state index in [4.69, 9.17) is 4.74 Å². The summed E-state index contributed by atoms with van der Waals surface area (Å²) in [4.78, 5) is 2.53. The Morgan fingerprint density at radius 1 is 0.237 bits per heavy atom. The van der Waals surface area contributed by atoms with Crippen molar-refractivity contribution in [3.8, 4) is 101 Å². The fourth-order valence-electron chi connectivity index (χ4n) is 15.2. The molecule has 0 fully saturated rings. The Bertz CT molecular complexity index is 4240. The van der Waals surface area contributed by atoms with Gasteiger partial charge in [0.25, 0.3) is 0 Å². The molecular formula is C78H61NO. The minimum Gasteiger partial charge on any atom is -0.453 e. The van der Waals surface area contributed by atoms with E-state index in [1.165, 1.54) is 111 Å². The largest absolute Gasteiger partial charge is 0.453 e. The normalized spacial score (nSPS) is 16.0. The lowest BCUT2D eigenvalue weighted by Crippen LogP contribution is -2.18. The van der Waals surface area contributed by atoms with Crippen LogP contribution in [0.4, 0.5) is 17.1 Å². The summed E-state index contributed by atoms with van der Waals surface area (Å²) < 4.78 is 7.42. The first-order chi connectivity index (χ1) is 38.7. The van der Waals surface area contributed by atoms with Crippen LogP contribution in [0, 0.1) is 0 Å². The topological polar surface area (TPSA) is 12.5 Å². The molecule has 2 heteroatoms. The van der Waals surface area contributed by atoms with Crippen molar-refractivity contribution < 1.29 is 4.74 Å². The van der Waals surface area contributed by atoms with Gasteiger partial charge >= 0.3 is 0 Å². The monoisotopic (exact) mass is 1030 g/mol. The lowest BCUT2D eigenvalue weighted by atomic mass is 9.80. The van der Waals surface area contributed by atoms with Gasteiger partial charge in [-0.2, -0.15) is 0 Å². The lowest BCUT2D eigenvalue weighted by Gasteiger charge is -2.36. The van der Waals surface area contributed by atoms with Gasteiger partial charge in [-0.3, -0.25) is 0 Å². The Morgan fingerprint density at radius 3 is 0.850 bits per heavy atom. The van der Waals surface area contributed by atoms with Crippen LogP contribution >= 0.6 is 0 Å². The first-order valence-corrected chi connectivity index (χ1v) is 28.6. The molecule has 1 aliphatic heterocycles. The average Bonchev–Trinajstić information content (AvgIpc) is 3.86. The highest BCUT2D eigenvalue weighted by molar-refractivity contribution is 6.03. The maximum absolute atomic E-state index is 7.42. The smallest absolute Gasteiger partial charge is 0.152 e. The predicted octanol–water partition coefficient (Wildman–Crippen LogP) is 21.2. The van der Waals surface area contributed by atoms with Gasteiger partial charge in [-0.1, -0.05) is 231 Å². The Labute approximate surface area is 470 Å². The third kappa shape index (κ3) is 6.42. The number of ether oxygens (including phenoxy) is 1. The molecule has 0 saturated carbocycles. The van der Waals surface area contributed by atoms with Crippen LogP contribution in [0.5, 0.6) is 11.5 Å². The van der Waals surface area contributed by atoms with Crippen molar-refractivity contribution in [1.82, 2.24) is 0 Å². The van der Waals surface area contributed by atoms with Crippen LogP contribution in [0.3, 0.4) is 0 Å². The molecule has 0 spiro atoms. The first-order valence-electron chi connectivity index (χ1n) is 28.6. The highest BCUT2D eigenvalue weighted by Gasteiger charge is 2.40. The molecule has 0 aromatic heterocycles. The van der Waals surface area contributed by atoms with E-state index in [1.54, 1.807) is 0 Å². The van der Waals surface area contributed by atoms with E-state index in [-0.39, 0.29) is 21.7 Å². The predicted molar refractivity (Wildman–Crippen MR) is 333 cm³/mol. The fraction of sp³-hybridized carbons (Fsp3) is 0.154. The average molecular weight is 1030 g/mol. The number of hydrogen-bond donors (Lipinski definition) is 0. The number of nitrogens with zero attached hydrogens (tertiary/aromatic N) is 1. The first kappa shape index (κ1) is 47.1. The Kier molecular flexibility index (Phi) is 9.59. The van der Waals surface area contributed by atoms with Gasteiger partial charge in [0.15, 0.2) is 11.5 Å². The van der Waals surface area contributed by atoms with Crippen molar-refractivity contribution in [2.75, 3.05) is 4.90 Å². The lowest BCUT2D eigenvalue weighted by molar-refractivity contribution is 0.477. The second-order valence-corrected chi connectivity index (χ2v) is 25.2. The van der Waals surface area contributed by atoms with Gasteiger partial charge in [-0.15, -0.1) is 0 Å². The van der Waals surface area contributed by atoms with Crippen LogP contribution in [0.15, 0.2) is 224 Å². The summed E-state index contributed by atoms with van der Waals surface area (Å²) >= 11 is 0. The van der Waals surface area contributed by atoms with Crippen LogP contribution in [0.2, 0.25) is 0 Å². The number of rotatable bonds is 5. The Hall–Kier alpha value is -8.98. The van der Waals surface area contributed by atoms with Gasteiger partial charge in [-0.05, 0) is 171 Å². The van der Waals surface area contributed by atoms with E-state index >= 15 is 0 Å². The van der Waals surface area contributed by atoms with Gasteiger partial charge in [0.1, 0.15) is 0 Å². The molecule has 0 N–H and O–H groups in total. The molecule has 11 aromatic rings. The summed E-state index contributed by atoms with van der Waals surface area (Å²) in [6, 6.07) is 85.0. The van der Waals surface area contributed by atoms with Crippen molar-refractivity contribution in [2.45, 2.75) is 77.0 Å². The SMILES string of the molecule is CC1(C)c2ccccc2-c2ccc(-c3ccc4c(c3)Oc3cc(-c5ccc6c(c5)C(C)(C)c5ccccc5-6)ccc3N4c3c(-c4ccc5c(c4)C(C)(C)c4ccccc4-5)cccc3-c3ccc4c(c3)C(C)(C)c3ccccc3-4)cc21. The molecule has 0 amide bonds. The van der Waals surface area contributed by atoms with E-state index in [0.29, 0.717) is 0 Å². The van der Waals surface area contributed by atoms with Crippen molar-refractivity contribution >= 4 is 17.1 Å². The summed E-state index contributed by atoms with van der Waals surface area (Å²) in [5, 5.41) is 0. The van der Waals surface area contributed by atoms with Crippen LogP contribution < -0.4 is 9.64 Å². The fourth-order valence-corrected chi connectivity index (χ4v) is 15.2. The molecule has 1 heterocycles. The van der Waals surface area contributed by atoms with Crippen molar-refractivity contribution in [1.29, 1.82) is 0 Å². The van der Waals surface area contributed by atoms with Crippen LogP contribution in [0.1, 0.15) is 99.9 Å².